The Balaban J connectivity index is 1.48. The topological polar surface area (TPSA) is 71.1 Å². The van der Waals surface area contributed by atoms with Crippen LogP contribution in [0.3, 0.4) is 0 Å². The summed E-state index contributed by atoms with van der Waals surface area (Å²) in [5.74, 6) is -0.205. The van der Waals surface area contributed by atoms with Gasteiger partial charge in [-0.25, -0.2) is 0 Å². The van der Waals surface area contributed by atoms with E-state index in [1.54, 1.807) is 0 Å². The molecule has 3 rings (SSSR count). The van der Waals surface area contributed by atoms with Crippen LogP contribution in [-0.2, 0) is 28.5 Å². The maximum Gasteiger partial charge on any atom is 0.309 e. The molecule has 0 aromatic carbocycles. The number of esters is 2. The fourth-order valence-electron chi connectivity index (χ4n) is 3.73. The molecule has 0 bridgehead atoms. The summed E-state index contributed by atoms with van der Waals surface area (Å²) in [6.07, 6.45) is 2.37. The molecule has 0 N–H and O–H groups in total. The van der Waals surface area contributed by atoms with Gasteiger partial charge in [0.25, 0.3) is 0 Å². The zero-order valence-corrected chi connectivity index (χ0v) is 13.2. The lowest BCUT2D eigenvalue weighted by atomic mass is 9.82. The predicted octanol–water partition coefficient (Wildman–Crippen LogP) is 1.31. The summed E-state index contributed by atoms with van der Waals surface area (Å²) < 4.78 is 21.8. The van der Waals surface area contributed by atoms with Crippen LogP contribution in [0.1, 0.15) is 32.6 Å². The Kier molecular flexibility index (Phi) is 4.68. The van der Waals surface area contributed by atoms with Gasteiger partial charge in [0.1, 0.15) is 6.10 Å². The van der Waals surface area contributed by atoms with E-state index in [4.69, 9.17) is 18.9 Å². The van der Waals surface area contributed by atoms with Gasteiger partial charge in [0.05, 0.1) is 38.3 Å². The number of rotatable bonds is 3. The van der Waals surface area contributed by atoms with Gasteiger partial charge in [-0.2, -0.15) is 0 Å². The van der Waals surface area contributed by atoms with E-state index in [2.05, 4.69) is 6.92 Å². The first-order chi connectivity index (χ1) is 10.6. The van der Waals surface area contributed by atoms with E-state index in [9.17, 15) is 9.59 Å². The molecule has 124 valence electrons. The molecule has 0 amide bonds. The molecule has 3 aliphatic rings. The van der Waals surface area contributed by atoms with Crippen LogP contribution in [0.25, 0.3) is 0 Å². The minimum absolute atomic E-state index is 0.0489. The van der Waals surface area contributed by atoms with Gasteiger partial charge >= 0.3 is 11.9 Å². The number of hydrogen-bond donors (Lipinski definition) is 0. The first-order valence-electron chi connectivity index (χ1n) is 8.11. The van der Waals surface area contributed by atoms with Gasteiger partial charge < -0.3 is 18.9 Å². The zero-order chi connectivity index (χ0) is 15.7. The average Bonchev–Trinajstić information content (AvgIpc) is 3.11. The van der Waals surface area contributed by atoms with Crippen molar-refractivity contribution >= 4 is 11.9 Å². The van der Waals surface area contributed by atoms with Crippen molar-refractivity contribution in [2.45, 2.75) is 50.9 Å². The van der Waals surface area contributed by atoms with Gasteiger partial charge in [0, 0.05) is 5.92 Å². The van der Waals surface area contributed by atoms with E-state index in [0.29, 0.717) is 44.8 Å². The second-order valence-electron chi connectivity index (χ2n) is 6.62. The molecular weight excluding hydrogens is 288 g/mol. The molecule has 4 atom stereocenters. The van der Waals surface area contributed by atoms with Crippen LogP contribution in [0.2, 0.25) is 0 Å². The van der Waals surface area contributed by atoms with Crippen molar-refractivity contribution < 1.29 is 28.5 Å². The van der Waals surface area contributed by atoms with Gasteiger partial charge in [-0.15, -0.1) is 0 Å². The highest BCUT2D eigenvalue weighted by Crippen LogP contribution is 2.34. The highest BCUT2D eigenvalue weighted by Gasteiger charge is 2.48. The third kappa shape index (κ3) is 2.99. The predicted molar refractivity (Wildman–Crippen MR) is 76.0 cm³/mol. The van der Waals surface area contributed by atoms with Crippen LogP contribution < -0.4 is 0 Å². The molecule has 1 aliphatic carbocycles. The van der Waals surface area contributed by atoms with Gasteiger partial charge in [0.15, 0.2) is 6.10 Å². The van der Waals surface area contributed by atoms with Gasteiger partial charge in [-0.05, 0) is 25.7 Å². The molecule has 2 aliphatic heterocycles. The third-order valence-corrected chi connectivity index (χ3v) is 5.12. The van der Waals surface area contributed by atoms with Gasteiger partial charge in [0.2, 0.25) is 0 Å². The Labute approximate surface area is 130 Å². The van der Waals surface area contributed by atoms with Crippen molar-refractivity contribution in [3.05, 3.63) is 0 Å². The Bertz CT molecular complexity index is 428. The summed E-state index contributed by atoms with van der Waals surface area (Å²) in [6.45, 7) is 3.17. The monoisotopic (exact) mass is 312 g/mol. The molecule has 0 aromatic heterocycles. The number of ether oxygens (including phenoxy) is 4. The quantitative estimate of drug-likeness (QED) is 0.732. The van der Waals surface area contributed by atoms with Crippen molar-refractivity contribution in [3.63, 3.8) is 0 Å². The molecular formula is C16H24O6. The normalized spacial score (nSPS) is 41.0. The highest BCUT2D eigenvalue weighted by atomic mass is 16.6. The van der Waals surface area contributed by atoms with Crippen molar-refractivity contribution in [2.75, 3.05) is 20.3 Å². The largest absolute Gasteiger partial charge is 0.469 e. The highest BCUT2D eigenvalue weighted by molar-refractivity contribution is 5.75. The van der Waals surface area contributed by atoms with E-state index in [-0.39, 0.29) is 42.1 Å². The number of carbonyl (C=O) groups excluding carboxylic acids is 2. The van der Waals surface area contributed by atoms with E-state index < -0.39 is 0 Å². The van der Waals surface area contributed by atoms with Crippen LogP contribution in [0.4, 0.5) is 0 Å². The molecule has 1 saturated carbocycles. The number of hydrogen-bond acceptors (Lipinski definition) is 6. The lowest BCUT2D eigenvalue weighted by Gasteiger charge is -2.27. The lowest BCUT2D eigenvalue weighted by molar-refractivity contribution is -0.161. The summed E-state index contributed by atoms with van der Waals surface area (Å²) in [4.78, 5) is 23.8. The first kappa shape index (κ1) is 15.7. The minimum Gasteiger partial charge on any atom is -0.469 e. The van der Waals surface area contributed by atoms with Crippen LogP contribution in [0.5, 0.6) is 0 Å². The van der Waals surface area contributed by atoms with E-state index >= 15 is 0 Å². The van der Waals surface area contributed by atoms with E-state index in [0.717, 1.165) is 0 Å². The van der Waals surface area contributed by atoms with Crippen LogP contribution in [0, 0.1) is 17.8 Å². The van der Waals surface area contributed by atoms with Crippen molar-refractivity contribution in [2.24, 2.45) is 17.8 Å². The molecule has 2 heterocycles. The van der Waals surface area contributed by atoms with Crippen LogP contribution >= 0.6 is 0 Å². The fourth-order valence-corrected chi connectivity index (χ4v) is 3.73. The Morgan fingerprint density at radius 1 is 0.909 bits per heavy atom. The average molecular weight is 312 g/mol. The molecule has 0 radical (unpaired) electrons. The Morgan fingerprint density at radius 2 is 1.50 bits per heavy atom. The van der Waals surface area contributed by atoms with Crippen LogP contribution in [0.15, 0.2) is 0 Å². The Hall–Kier alpha value is -1.14. The fraction of sp³-hybridized carbons (Fsp3) is 0.875. The summed E-state index contributed by atoms with van der Waals surface area (Å²) in [5.41, 5.74) is 0. The maximum atomic E-state index is 12.3. The van der Waals surface area contributed by atoms with E-state index in [1.807, 2.05) is 0 Å². The second-order valence-corrected chi connectivity index (χ2v) is 6.62. The maximum absolute atomic E-state index is 12.3. The molecule has 0 aromatic rings. The second kappa shape index (κ2) is 6.54. The van der Waals surface area contributed by atoms with Crippen LogP contribution in [-0.4, -0.2) is 50.6 Å². The zero-order valence-electron chi connectivity index (χ0n) is 13.2. The standard InChI is InChI=1S/C16H24O6/c1-9-7-20-14-12(8-21-13(9)14)22-16(18)11-5-3-10(4-6-11)15(17)19-2/h9-14H,3-8H2,1-2H3. The molecule has 4 unspecified atom stereocenters. The third-order valence-electron chi connectivity index (χ3n) is 5.12. The summed E-state index contributed by atoms with van der Waals surface area (Å²) in [6, 6.07) is 0. The molecule has 0 spiro atoms. The summed E-state index contributed by atoms with van der Waals surface area (Å²) >= 11 is 0. The minimum atomic E-state index is -0.291. The van der Waals surface area contributed by atoms with Crippen molar-refractivity contribution in [1.82, 2.24) is 0 Å². The molecule has 6 heteroatoms. The van der Waals surface area contributed by atoms with Gasteiger partial charge in [-0.1, -0.05) is 6.92 Å². The van der Waals surface area contributed by atoms with Crippen molar-refractivity contribution in [3.8, 4) is 0 Å². The SMILES string of the molecule is COC(=O)C1CCC(C(=O)OC2COC3C(C)COC23)CC1. The lowest BCUT2D eigenvalue weighted by Crippen LogP contribution is -2.36. The summed E-state index contributed by atoms with van der Waals surface area (Å²) in [7, 11) is 1.40. The number of methoxy groups -OCH3 is 1. The molecule has 3 fully saturated rings. The first-order valence-corrected chi connectivity index (χ1v) is 8.11. The summed E-state index contributed by atoms with van der Waals surface area (Å²) in [5, 5.41) is 0. The number of carbonyl (C=O) groups is 2. The van der Waals surface area contributed by atoms with Crippen molar-refractivity contribution in [1.29, 1.82) is 0 Å². The molecule has 22 heavy (non-hydrogen) atoms. The molecule has 6 nitrogen and oxygen atoms in total. The smallest absolute Gasteiger partial charge is 0.309 e. The number of fused-ring (bicyclic) bond motifs is 1. The van der Waals surface area contributed by atoms with E-state index in [1.165, 1.54) is 7.11 Å². The molecule has 2 saturated heterocycles. The van der Waals surface area contributed by atoms with Gasteiger partial charge in [-0.3, -0.25) is 9.59 Å². The Morgan fingerprint density at radius 3 is 2.14 bits per heavy atom.